The average molecular weight is 275 g/mol. The zero-order valence-electron chi connectivity index (χ0n) is 11.8. The predicted molar refractivity (Wildman–Crippen MR) is 75.5 cm³/mol. The molecule has 2 aliphatic rings. The Hall–Kier alpha value is -1.62. The summed E-state index contributed by atoms with van der Waals surface area (Å²) in [5.74, 6) is 0.656. The van der Waals surface area contributed by atoms with E-state index in [9.17, 15) is 4.79 Å². The average Bonchev–Trinajstić information content (AvgIpc) is 3.30. The molecule has 2 fully saturated rings. The van der Waals surface area contributed by atoms with Gasteiger partial charge in [0.25, 0.3) is 5.91 Å². The summed E-state index contributed by atoms with van der Waals surface area (Å²) in [6.07, 6.45) is 4.67. The van der Waals surface area contributed by atoms with Crippen LogP contribution in [0.25, 0.3) is 0 Å². The first-order valence-electron chi connectivity index (χ1n) is 7.33. The molecule has 5 nitrogen and oxygen atoms in total. The molecule has 108 valence electrons. The van der Waals surface area contributed by atoms with Crippen LogP contribution in [0.5, 0.6) is 5.75 Å². The summed E-state index contributed by atoms with van der Waals surface area (Å²) in [6, 6.07) is 4.81. The number of aryl methyl sites for hydroxylation is 1. The summed E-state index contributed by atoms with van der Waals surface area (Å²) in [7, 11) is 0. The van der Waals surface area contributed by atoms with E-state index in [2.05, 4.69) is 15.6 Å². The molecule has 1 aromatic rings. The SMILES string of the molecule is Cc1ccc(OCC(=O)NC2CC2)c(CNC2CC2)n1. The van der Waals surface area contributed by atoms with Crippen LogP contribution >= 0.6 is 0 Å². The number of ether oxygens (including phenoxy) is 1. The van der Waals surface area contributed by atoms with Crippen molar-refractivity contribution in [2.45, 2.75) is 51.2 Å². The number of pyridine rings is 1. The number of nitrogens with one attached hydrogen (secondary N) is 2. The highest BCUT2D eigenvalue weighted by Gasteiger charge is 2.24. The quantitative estimate of drug-likeness (QED) is 0.787. The molecule has 0 unspecified atom stereocenters. The number of carbonyl (C=O) groups excluding carboxylic acids is 1. The summed E-state index contributed by atoms with van der Waals surface area (Å²) < 4.78 is 5.62. The van der Waals surface area contributed by atoms with Crippen molar-refractivity contribution in [2.24, 2.45) is 0 Å². The molecule has 0 aromatic carbocycles. The van der Waals surface area contributed by atoms with E-state index < -0.39 is 0 Å². The molecule has 0 radical (unpaired) electrons. The number of aromatic nitrogens is 1. The lowest BCUT2D eigenvalue weighted by molar-refractivity contribution is -0.123. The first kappa shape index (κ1) is 13.4. The van der Waals surface area contributed by atoms with Crippen LogP contribution < -0.4 is 15.4 Å². The monoisotopic (exact) mass is 275 g/mol. The zero-order valence-corrected chi connectivity index (χ0v) is 11.8. The van der Waals surface area contributed by atoms with Crippen molar-refractivity contribution >= 4 is 5.91 Å². The molecule has 1 amide bonds. The van der Waals surface area contributed by atoms with Crippen LogP contribution in [0.1, 0.15) is 37.1 Å². The molecule has 1 heterocycles. The molecule has 5 heteroatoms. The summed E-state index contributed by atoms with van der Waals surface area (Å²) in [5, 5.41) is 6.34. The van der Waals surface area contributed by atoms with Crippen molar-refractivity contribution in [3.8, 4) is 5.75 Å². The van der Waals surface area contributed by atoms with Crippen LogP contribution in [-0.2, 0) is 11.3 Å². The fourth-order valence-corrected chi connectivity index (χ4v) is 2.02. The second-order valence-electron chi connectivity index (χ2n) is 5.68. The summed E-state index contributed by atoms with van der Waals surface area (Å²) in [6.45, 7) is 2.73. The fraction of sp³-hybridized carbons (Fsp3) is 0.600. The molecular weight excluding hydrogens is 254 g/mol. The number of nitrogens with zero attached hydrogens (tertiary/aromatic N) is 1. The molecule has 1 aromatic heterocycles. The fourth-order valence-electron chi connectivity index (χ4n) is 2.02. The number of amides is 1. The second kappa shape index (κ2) is 5.79. The third kappa shape index (κ3) is 3.93. The predicted octanol–water partition coefficient (Wildman–Crippen LogP) is 1.30. The van der Waals surface area contributed by atoms with Gasteiger partial charge >= 0.3 is 0 Å². The Balaban J connectivity index is 1.56. The third-order valence-electron chi connectivity index (χ3n) is 3.51. The van der Waals surface area contributed by atoms with Gasteiger partial charge in [-0.3, -0.25) is 9.78 Å². The van der Waals surface area contributed by atoms with Crippen molar-refractivity contribution in [3.63, 3.8) is 0 Å². The van der Waals surface area contributed by atoms with Crippen LogP contribution in [0.4, 0.5) is 0 Å². The maximum atomic E-state index is 11.6. The minimum atomic E-state index is -0.0471. The number of hydrogen-bond acceptors (Lipinski definition) is 4. The van der Waals surface area contributed by atoms with Gasteiger partial charge < -0.3 is 15.4 Å². The van der Waals surface area contributed by atoms with E-state index in [0.29, 0.717) is 24.4 Å². The topological polar surface area (TPSA) is 63.2 Å². The van der Waals surface area contributed by atoms with Gasteiger partial charge in [-0.15, -0.1) is 0 Å². The normalized spacial score (nSPS) is 17.9. The Labute approximate surface area is 119 Å². The highest BCUT2D eigenvalue weighted by molar-refractivity contribution is 5.78. The first-order valence-corrected chi connectivity index (χ1v) is 7.33. The Kier molecular flexibility index (Phi) is 3.87. The number of rotatable bonds is 7. The second-order valence-corrected chi connectivity index (χ2v) is 5.68. The smallest absolute Gasteiger partial charge is 0.258 e. The van der Waals surface area contributed by atoms with E-state index in [-0.39, 0.29) is 12.5 Å². The van der Waals surface area contributed by atoms with E-state index in [1.54, 1.807) is 0 Å². The van der Waals surface area contributed by atoms with E-state index in [0.717, 1.165) is 24.2 Å². The van der Waals surface area contributed by atoms with Crippen molar-refractivity contribution in [2.75, 3.05) is 6.61 Å². The molecule has 0 saturated heterocycles. The molecule has 2 aliphatic carbocycles. The lowest BCUT2D eigenvalue weighted by Crippen LogP contribution is -2.30. The molecule has 2 saturated carbocycles. The van der Waals surface area contributed by atoms with Crippen molar-refractivity contribution in [3.05, 3.63) is 23.5 Å². The van der Waals surface area contributed by atoms with Crippen LogP contribution in [0.15, 0.2) is 12.1 Å². The van der Waals surface area contributed by atoms with Crippen molar-refractivity contribution in [1.82, 2.24) is 15.6 Å². The zero-order chi connectivity index (χ0) is 13.9. The van der Waals surface area contributed by atoms with Gasteiger partial charge in [-0.2, -0.15) is 0 Å². The van der Waals surface area contributed by atoms with Crippen LogP contribution in [0.2, 0.25) is 0 Å². The van der Waals surface area contributed by atoms with E-state index >= 15 is 0 Å². The minimum absolute atomic E-state index is 0.0471. The Morgan fingerprint density at radius 2 is 2.05 bits per heavy atom. The van der Waals surface area contributed by atoms with Gasteiger partial charge in [0.05, 0.1) is 5.69 Å². The van der Waals surface area contributed by atoms with Crippen LogP contribution in [0, 0.1) is 6.92 Å². The first-order chi connectivity index (χ1) is 9.70. The lowest BCUT2D eigenvalue weighted by Gasteiger charge is -2.12. The molecule has 0 aliphatic heterocycles. The number of hydrogen-bond donors (Lipinski definition) is 2. The summed E-state index contributed by atoms with van der Waals surface area (Å²) in [5.41, 5.74) is 1.85. The van der Waals surface area contributed by atoms with Gasteiger partial charge in [0, 0.05) is 24.3 Å². The molecule has 0 bridgehead atoms. The van der Waals surface area contributed by atoms with Gasteiger partial charge in [-0.25, -0.2) is 0 Å². The van der Waals surface area contributed by atoms with Crippen LogP contribution in [0.3, 0.4) is 0 Å². The molecular formula is C15H21N3O2. The van der Waals surface area contributed by atoms with Crippen LogP contribution in [-0.4, -0.2) is 29.6 Å². The van der Waals surface area contributed by atoms with Crippen molar-refractivity contribution in [1.29, 1.82) is 0 Å². The molecule has 3 rings (SSSR count). The van der Waals surface area contributed by atoms with Gasteiger partial charge in [0.15, 0.2) is 6.61 Å². The maximum absolute atomic E-state index is 11.6. The largest absolute Gasteiger partial charge is 0.482 e. The van der Waals surface area contributed by atoms with E-state index in [1.807, 2.05) is 19.1 Å². The highest BCUT2D eigenvalue weighted by atomic mass is 16.5. The Morgan fingerprint density at radius 1 is 1.30 bits per heavy atom. The summed E-state index contributed by atoms with van der Waals surface area (Å²) in [4.78, 5) is 16.2. The van der Waals surface area contributed by atoms with Crippen molar-refractivity contribution < 1.29 is 9.53 Å². The standard InChI is InChI=1S/C15H21N3O2/c1-10-2-7-14(13(17-10)8-16-11-3-4-11)20-9-15(19)18-12-5-6-12/h2,7,11-12,16H,3-6,8-9H2,1H3,(H,18,19). The lowest BCUT2D eigenvalue weighted by atomic mass is 10.3. The molecule has 20 heavy (non-hydrogen) atoms. The van der Waals surface area contributed by atoms with Gasteiger partial charge in [-0.05, 0) is 44.7 Å². The maximum Gasteiger partial charge on any atom is 0.258 e. The molecule has 2 N–H and O–H groups in total. The minimum Gasteiger partial charge on any atom is -0.482 e. The third-order valence-corrected chi connectivity index (χ3v) is 3.51. The van der Waals surface area contributed by atoms with Gasteiger partial charge in [0.2, 0.25) is 0 Å². The van der Waals surface area contributed by atoms with Gasteiger partial charge in [0.1, 0.15) is 5.75 Å². The number of carbonyl (C=O) groups is 1. The van der Waals surface area contributed by atoms with Gasteiger partial charge in [-0.1, -0.05) is 0 Å². The Morgan fingerprint density at radius 3 is 2.75 bits per heavy atom. The Bertz CT molecular complexity index is 496. The summed E-state index contributed by atoms with van der Waals surface area (Å²) >= 11 is 0. The molecule has 0 spiro atoms. The van der Waals surface area contributed by atoms with E-state index in [1.165, 1.54) is 12.8 Å². The highest BCUT2D eigenvalue weighted by Crippen LogP contribution is 2.22. The molecule has 0 atom stereocenters. The van der Waals surface area contributed by atoms with E-state index in [4.69, 9.17) is 4.74 Å².